The topological polar surface area (TPSA) is 76.0 Å². The Kier molecular flexibility index (Phi) is 4.79. The van der Waals surface area contributed by atoms with Gasteiger partial charge >= 0.3 is 5.97 Å². The molecule has 2 aromatic carbocycles. The number of benzene rings is 2. The van der Waals surface area contributed by atoms with Gasteiger partial charge in [-0.1, -0.05) is 29.8 Å². The van der Waals surface area contributed by atoms with Crippen molar-refractivity contribution >= 4 is 47.0 Å². The molecule has 0 saturated carbocycles. The highest BCUT2D eigenvalue weighted by Crippen LogP contribution is 2.37. The summed E-state index contributed by atoms with van der Waals surface area (Å²) in [7, 11) is 0. The van der Waals surface area contributed by atoms with Gasteiger partial charge in [0.2, 0.25) is 5.90 Å². The van der Waals surface area contributed by atoms with E-state index in [1.54, 1.807) is 30.3 Å². The molecule has 154 valence electrons. The number of carbonyl (C=O) groups excluding carboxylic acids is 3. The molecule has 7 heteroatoms. The van der Waals surface area contributed by atoms with Gasteiger partial charge < -0.3 is 4.74 Å². The summed E-state index contributed by atoms with van der Waals surface area (Å²) in [6.07, 6.45) is 4.58. The van der Waals surface area contributed by atoms with Crippen LogP contribution in [-0.4, -0.2) is 23.7 Å². The number of aliphatic imine (C=N–C) groups is 1. The lowest BCUT2D eigenvalue weighted by Crippen LogP contribution is -2.31. The molecule has 5 rings (SSSR count). The zero-order valence-electron chi connectivity index (χ0n) is 16.4. The van der Waals surface area contributed by atoms with Crippen molar-refractivity contribution < 1.29 is 19.1 Å². The maximum atomic E-state index is 12.8. The van der Waals surface area contributed by atoms with Crippen LogP contribution >= 0.6 is 11.6 Å². The molecule has 1 aliphatic carbocycles. The Balaban J connectivity index is 1.49. The van der Waals surface area contributed by atoms with E-state index in [0.717, 1.165) is 12.8 Å². The molecule has 6 nitrogen and oxygen atoms in total. The lowest BCUT2D eigenvalue weighted by molar-refractivity contribution is -0.130. The molecule has 0 saturated heterocycles. The summed E-state index contributed by atoms with van der Waals surface area (Å²) in [4.78, 5) is 43.5. The maximum absolute atomic E-state index is 12.8. The molecule has 0 bridgehead atoms. The fourth-order valence-corrected chi connectivity index (χ4v) is 4.19. The monoisotopic (exact) mass is 432 g/mol. The Labute approximate surface area is 183 Å². The molecule has 0 aromatic heterocycles. The zero-order chi connectivity index (χ0) is 21.5. The number of esters is 1. The smallest absolute Gasteiger partial charge is 0.363 e. The number of nitrogens with zero attached hydrogens (tertiary/aromatic N) is 2. The highest BCUT2D eigenvalue weighted by molar-refractivity contribution is 6.34. The highest BCUT2D eigenvalue weighted by Gasteiger charge is 2.39. The van der Waals surface area contributed by atoms with Gasteiger partial charge in [0.1, 0.15) is 0 Å². The molecule has 2 amide bonds. The van der Waals surface area contributed by atoms with E-state index in [4.69, 9.17) is 16.3 Å². The second-order valence-electron chi connectivity index (χ2n) is 7.52. The predicted octanol–water partition coefficient (Wildman–Crippen LogP) is 4.43. The number of rotatable bonds is 3. The first-order chi connectivity index (χ1) is 15.0. The van der Waals surface area contributed by atoms with Crippen LogP contribution in [0.2, 0.25) is 5.02 Å². The number of hydrogen-bond donors (Lipinski definition) is 0. The van der Waals surface area contributed by atoms with Gasteiger partial charge in [0.25, 0.3) is 11.8 Å². The molecule has 0 unspecified atom stereocenters. The van der Waals surface area contributed by atoms with Crippen LogP contribution in [0, 0.1) is 0 Å². The van der Waals surface area contributed by atoms with Crippen LogP contribution in [-0.2, 0) is 19.1 Å². The van der Waals surface area contributed by atoms with Gasteiger partial charge in [-0.05, 0) is 67.7 Å². The number of imide groups is 1. The Morgan fingerprint density at radius 2 is 1.61 bits per heavy atom. The molecule has 3 aliphatic rings. The first-order valence-electron chi connectivity index (χ1n) is 10.0. The maximum Gasteiger partial charge on any atom is 0.363 e. The number of anilines is 1. The highest BCUT2D eigenvalue weighted by atomic mass is 35.5. The van der Waals surface area contributed by atoms with E-state index in [9.17, 15) is 14.4 Å². The van der Waals surface area contributed by atoms with E-state index in [0.29, 0.717) is 45.8 Å². The SMILES string of the molecule is O=C1OC(c2ccccc2)=N/C1=C\c1cc(N2C(=O)C3=C(CCCC3)C2=O)ccc1Cl. The number of halogens is 1. The summed E-state index contributed by atoms with van der Waals surface area (Å²) in [6.45, 7) is 0. The third-order valence-corrected chi connectivity index (χ3v) is 5.91. The fraction of sp³-hybridized carbons (Fsp3) is 0.167. The average molecular weight is 433 g/mol. The Morgan fingerprint density at radius 3 is 2.29 bits per heavy atom. The van der Waals surface area contributed by atoms with Crippen LogP contribution in [0.1, 0.15) is 36.8 Å². The van der Waals surface area contributed by atoms with Crippen LogP contribution in [0.25, 0.3) is 6.08 Å². The molecule has 0 spiro atoms. The van der Waals surface area contributed by atoms with Gasteiger partial charge in [-0.3, -0.25) is 9.59 Å². The number of cyclic esters (lactones) is 1. The van der Waals surface area contributed by atoms with Crippen LogP contribution in [0.15, 0.2) is 70.4 Å². The average Bonchev–Trinajstić information content (AvgIpc) is 3.28. The third kappa shape index (κ3) is 3.39. The van der Waals surface area contributed by atoms with E-state index >= 15 is 0 Å². The fourth-order valence-electron chi connectivity index (χ4n) is 4.02. The number of carbonyl (C=O) groups is 3. The van der Waals surface area contributed by atoms with Crippen LogP contribution < -0.4 is 4.90 Å². The summed E-state index contributed by atoms with van der Waals surface area (Å²) in [6, 6.07) is 13.9. The second-order valence-corrected chi connectivity index (χ2v) is 7.93. The largest absolute Gasteiger partial charge is 0.402 e. The van der Waals surface area contributed by atoms with Crippen LogP contribution in [0.4, 0.5) is 5.69 Å². The van der Waals surface area contributed by atoms with E-state index in [2.05, 4.69) is 4.99 Å². The van der Waals surface area contributed by atoms with Crippen molar-refractivity contribution in [3.8, 4) is 0 Å². The predicted molar refractivity (Wildman–Crippen MR) is 116 cm³/mol. The van der Waals surface area contributed by atoms with E-state index in [1.807, 2.05) is 18.2 Å². The minimum Gasteiger partial charge on any atom is -0.402 e. The molecular weight excluding hydrogens is 416 g/mol. The Morgan fingerprint density at radius 1 is 0.935 bits per heavy atom. The van der Waals surface area contributed by atoms with Crippen molar-refractivity contribution in [3.63, 3.8) is 0 Å². The van der Waals surface area contributed by atoms with Crippen molar-refractivity contribution in [1.82, 2.24) is 0 Å². The minimum atomic E-state index is -0.592. The number of ether oxygens (including phenoxy) is 1. The first kappa shape index (κ1) is 19.5. The molecule has 0 fully saturated rings. The zero-order valence-corrected chi connectivity index (χ0v) is 17.2. The molecule has 0 atom stereocenters. The normalized spacial score (nSPS) is 19.8. The Bertz CT molecular complexity index is 1200. The summed E-state index contributed by atoms with van der Waals surface area (Å²) in [5.74, 6) is -0.924. The molecule has 2 heterocycles. The lowest BCUT2D eigenvalue weighted by Gasteiger charge is -2.16. The third-order valence-electron chi connectivity index (χ3n) is 5.56. The van der Waals surface area contributed by atoms with Gasteiger partial charge in [0, 0.05) is 21.7 Å². The molecule has 2 aromatic rings. The Hall–Kier alpha value is -3.51. The van der Waals surface area contributed by atoms with E-state index < -0.39 is 5.97 Å². The minimum absolute atomic E-state index is 0.0920. The van der Waals surface area contributed by atoms with Gasteiger partial charge in [0.15, 0.2) is 5.70 Å². The molecular formula is C24H17ClN2O4. The van der Waals surface area contributed by atoms with Gasteiger partial charge in [-0.25, -0.2) is 14.7 Å². The van der Waals surface area contributed by atoms with Crippen molar-refractivity contribution in [2.24, 2.45) is 4.99 Å². The molecule has 0 N–H and O–H groups in total. The quantitative estimate of drug-likeness (QED) is 0.408. The summed E-state index contributed by atoms with van der Waals surface area (Å²) < 4.78 is 5.27. The summed E-state index contributed by atoms with van der Waals surface area (Å²) in [5.41, 5.74) is 2.89. The number of amides is 2. The summed E-state index contributed by atoms with van der Waals surface area (Å²) >= 11 is 6.33. The molecule has 0 radical (unpaired) electrons. The van der Waals surface area contributed by atoms with E-state index in [-0.39, 0.29) is 23.4 Å². The van der Waals surface area contributed by atoms with Crippen LogP contribution in [0.5, 0.6) is 0 Å². The molecule has 31 heavy (non-hydrogen) atoms. The van der Waals surface area contributed by atoms with Crippen LogP contribution in [0.3, 0.4) is 0 Å². The summed E-state index contributed by atoms with van der Waals surface area (Å²) in [5, 5.41) is 0.365. The van der Waals surface area contributed by atoms with Gasteiger partial charge in [-0.15, -0.1) is 0 Å². The van der Waals surface area contributed by atoms with Crippen molar-refractivity contribution in [1.29, 1.82) is 0 Å². The second kappa shape index (κ2) is 7.63. The van der Waals surface area contributed by atoms with Crippen molar-refractivity contribution in [3.05, 3.63) is 81.5 Å². The van der Waals surface area contributed by atoms with Gasteiger partial charge in [0.05, 0.1) is 5.69 Å². The van der Waals surface area contributed by atoms with Crippen molar-refractivity contribution in [2.45, 2.75) is 25.7 Å². The van der Waals surface area contributed by atoms with Crippen molar-refractivity contribution in [2.75, 3.05) is 4.90 Å². The molecule has 2 aliphatic heterocycles. The lowest BCUT2D eigenvalue weighted by atomic mass is 9.93. The standard InChI is InChI=1S/C24H17ClN2O4/c25-19-11-10-16(27-22(28)17-8-4-5-9-18(17)23(27)29)12-15(19)13-20-24(30)31-21(26-20)14-6-2-1-3-7-14/h1-3,6-7,10-13H,4-5,8-9H2/b20-13-. The number of hydrogen-bond acceptors (Lipinski definition) is 5. The van der Waals surface area contributed by atoms with E-state index in [1.165, 1.54) is 11.0 Å². The van der Waals surface area contributed by atoms with Gasteiger partial charge in [-0.2, -0.15) is 0 Å². The first-order valence-corrected chi connectivity index (χ1v) is 10.4.